The Bertz CT molecular complexity index is 225. The molecule has 2 aliphatic rings. The van der Waals surface area contributed by atoms with Gasteiger partial charge in [-0.25, -0.2) is 0 Å². The van der Waals surface area contributed by atoms with Crippen LogP contribution in [0.3, 0.4) is 0 Å². The molecular formula is C14H25NS. The molecule has 2 rings (SSSR count). The molecule has 2 fully saturated rings. The van der Waals surface area contributed by atoms with E-state index in [2.05, 4.69) is 24.2 Å². The number of hydrogen-bond donors (Lipinski definition) is 1. The first-order valence-corrected chi connectivity index (χ1v) is 8.02. The number of nitrogens with one attached hydrogen (secondary N) is 1. The second-order valence-corrected chi connectivity index (χ2v) is 6.48. The Balaban J connectivity index is 1.74. The molecule has 0 aromatic carbocycles. The third kappa shape index (κ3) is 3.53. The van der Waals surface area contributed by atoms with Crippen LogP contribution in [0, 0.1) is 5.92 Å². The van der Waals surface area contributed by atoms with Gasteiger partial charge in [0.15, 0.2) is 0 Å². The molecule has 1 N–H and O–H groups in total. The lowest BCUT2D eigenvalue weighted by molar-refractivity contribution is 0.379. The van der Waals surface area contributed by atoms with Crippen molar-refractivity contribution in [2.45, 2.75) is 62.3 Å². The standard InChI is InChI=1S/C14H25NS/c1-3-4-5-14(11-6-7-11)15-12-8-9-13(10-12)16-2/h3,11-15H,1,4-10H2,2H3. The van der Waals surface area contributed by atoms with Crippen molar-refractivity contribution in [3.8, 4) is 0 Å². The Morgan fingerprint density at radius 3 is 2.75 bits per heavy atom. The second kappa shape index (κ2) is 6.11. The molecule has 3 unspecified atom stereocenters. The number of hydrogen-bond acceptors (Lipinski definition) is 2. The Morgan fingerprint density at radius 2 is 2.19 bits per heavy atom. The first-order valence-electron chi connectivity index (χ1n) is 6.73. The number of thioether (sulfide) groups is 1. The molecule has 0 spiro atoms. The van der Waals surface area contributed by atoms with Crippen molar-refractivity contribution in [3.63, 3.8) is 0 Å². The highest BCUT2D eigenvalue weighted by Gasteiger charge is 2.33. The molecule has 0 aromatic rings. The van der Waals surface area contributed by atoms with E-state index in [0.29, 0.717) is 0 Å². The van der Waals surface area contributed by atoms with Crippen LogP contribution in [0.5, 0.6) is 0 Å². The lowest BCUT2D eigenvalue weighted by Crippen LogP contribution is -2.38. The van der Waals surface area contributed by atoms with Crippen molar-refractivity contribution in [2.75, 3.05) is 6.26 Å². The summed E-state index contributed by atoms with van der Waals surface area (Å²) < 4.78 is 0. The number of allylic oxidation sites excluding steroid dienone is 1. The molecule has 3 atom stereocenters. The molecule has 16 heavy (non-hydrogen) atoms. The summed E-state index contributed by atoms with van der Waals surface area (Å²) in [5.74, 6) is 0.980. The molecule has 0 bridgehead atoms. The molecule has 0 amide bonds. The normalized spacial score (nSPS) is 31.6. The number of rotatable bonds is 7. The highest BCUT2D eigenvalue weighted by molar-refractivity contribution is 7.99. The van der Waals surface area contributed by atoms with Crippen LogP contribution >= 0.6 is 11.8 Å². The van der Waals surface area contributed by atoms with E-state index in [9.17, 15) is 0 Å². The third-order valence-electron chi connectivity index (χ3n) is 4.04. The van der Waals surface area contributed by atoms with Crippen LogP contribution in [0.15, 0.2) is 12.7 Å². The molecule has 0 heterocycles. The van der Waals surface area contributed by atoms with Gasteiger partial charge in [0.2, 0.25) is 0 Å². The summed E-state index contributed by atoms with van der Waals surface area (Å²) in [6, 6.07) is 1.58. The summed E-state index contributed by atoms with van der Waals surface area (Å²) in [5, 5.41) is 4.83. The van der Waals surface area contributed by atoms with E-state index < -0.39 is 0 Å². The van der Waals surface area contributed by atoms with Gasteiger partial charge in [-0.3, -0.25) is 0 Å². The highest BCUT2D eigenvalue weighted by atomic mass is 32.2. The quantitative estimate of drug-likeness (QED) is 0.681. The van der Waals surface area contributed by atoms with Crippen molar-refractivity contribution < 1.29 is 0 Å². The summed E-state index contributed by atoms with van der Waals surface area (Å²) in [7, 11) is 0. The molecule has 0 saturated heterocycles. The molecule has 1 nitrogen and oxygen atoms in total. The van der Waals surface area contributed by atoms with Gasteiger partial charge in [0, 0.05) is 17.3 Å². The van der Waals surface area contributed by atoms with E-state index >= 15 is 0 Å². The summed E-state index contributed by atoms with van der Waals surface area (Å²) in [6.07, 6.45) is 13.9. The van der Waals surface area contributed by atoms with E-state index in [-0.39, 0.29) is 0 Å². The van der Waals surface area contributed by atoms with Gasteiger partial charge in [0.25, 0.3) is 0 Å². The molecule has 0 aliphatic heterocycles. The fraction of sp³-hybridized carbons (Fsp3) is 0.857. The summed E-state index contributed by atoms with van der Waals surface area (Å²) in [6.45, 7) is 3.84. The maximum Gasteiger partial charge on any atom is 0.0101 e. The van der Waals surface area contributed by atoms with E-state index in [0.717, 1.165) is 23.3 Å². The van der Waals surface area contributed by atoms with Crippen LogP contribution in [-0.4, -0.2) is 23.6 Å². The van der Waals surface area contributed by atoms with Crippen molar-refractivity contribution in [2.24, 2.45) is 5.92 Å². The van der Waals surface area contributed by atoms with Crippen LogP contribution in [0.1, 0.15) is 44.9 Å². The predicted octanol–water partition coefficient (Wildman–Crippen LogP) is 3.60. The third-order valence-corrected chi connectivity index (χ3v) is 5.14. The zero-order chi connectivity index (χ0) is 11.4. The highest BCUT2D eigenvalue weighted by Crippen LogP contribution is 2.36. The van der Waals surface area contributed by atoms with Gasteiger partial charge in [-0.05, 0) is 57.1 Å². The van der Waals surface area contributed by atoms with Crippen LogP contribution in [0.25, 0.3) is 0 Å². The molecule has 92 valence electrons. The first kappa shape index (κ1) is 12.5. The fourth-order valence-electron chi connectivity index (χ4n) is 2.86. The largest absolute Gasteiger partial charge is 0.311 e. The Hall–Kier alpha value is 0.0500. The average Bonchev–Trinajstić information content (AvgIpc) is 3.05. The summed E-state index contributed by atoms with van der Waals surface area (Å²) in [4.78, 5) is 0. The first-order chi connectivity index (χ1) is 7.83. The topological polar surface area (TPSA) is 12.0 Å². The molecular weight excluding hydrogens is 214 g/mol. The van der Waals surface area contributed by atoms with E-state index in [4.69, 9.17) is 0 Å². The maximum absolute atomic E-state index is 3.92. The van der Waals surface area contributed by atoms with Crippen molar-refractivity contribution in [1.82, 2.24) is 5.32 Å². The summed E-state index contributed by atoms with van der Waals surface area (Å²) >= 11 is 2.05. The lowest BCUT2D eigenvalue weighted by Gasteiger charge is -2.22. The minimum atomic E-state index is 0.781. The summed E-state index contributed by atoms with van der Waals surface area (Å²) in [5.41, 5.74) is 0. The van der Waals surface area contributed by atoms with Crippen molar-refractivity contribution in [1.29, 1.82) is 0 Å². The van der Waals surface area contributed by atoms with Gasteiger partial charge >= 0.3 is 0 Å². The zero-order valence-corrected chi connectivity index (χ0v) is 11.3. The van der Waals surface area contributed by atoms with Gasteiger partial charge in [0.05, 0.1) is 0 Å². The van der Waals surface area contributed by atoms with Gasteiger partial charge in [-0.1, -0.05) is 6.08 Å². The average molecular weight is 239 g/mol. The zero-order valence-electron chi connectivity index (χ0n) is 10.5. The molecule has 2 aliphatic carbocycles. The predicted molar refractivity (Wildman–Crippen MR) is 74.0 cm³/mol. The Morgan fingerprint density at radius 1 is 1.38 bits per heavy atom. The van der Waals surface area contributed by atoms with Crippen molar-refractivity contribution in [3.05, 3.63) is 12.7 Å². The van der Waals surface area contributed by atoms with Gasteiger partial charge < -0.3 is 5.32 Å². The fourth-order valence-corrected chi connectivity index (χ4v) is 3.66. The SMILES string of the molecule is C=CCCC(NC1CCC(SC)C1)C1CC1. The smallest absolute Gasteiger partial charge is 0.0101 e. The van der Waals surface area contributed by atoms with Gasteiger partial charge in [-0.2, -0.15) is 11.8 Å². The Labute approximate surface area is 104 Å². The Kier molecular flexibility index (Phi) is 4.78. The van der Waals surface area contributed by atoms with Crippen LogP contribution in [0.4, 0.5) is 0 Å². The van der Waals surface area contributed by atoms with Gasteiger partial charge in [-0.15, -0.1) is 6.58 Å². The van der Waals surface area contributed by atoms with Crippen molar-refractivity contribution >= 4 is 11.8 Å². The van der Waals surface area contributed by atoms with Crippen LogP contribution < -0.4 is 5.32 Å². The molecule has 2 saturated carbocycles. The van der Waals surface area contributed by atoms with E-state index in [1.807, 2.05) is 11.8 Å². The maximum atomic E-state index is 3.92. The molecule has 0 radical (unpaired) electrons. The van der Waals surface area contributed by atoms with Crippen LogP contribution in [-0.2, 0) is 0 Å². The molecule has 0 aromatic heterocycles. The van der Waals surface area contributed by atoms with Crippen LogP contribution in [0.2, 0.25) is 0 Å². The van der Waals surface area contributed by atoms with E-state index in [1.54, 1.807) is 0 Å². The van der Waals surface area contributed by atoms with E-state index in [1.165, 1.54) is 44.9 Å². The van der Waals surface area contributed by atoms with Gasteiger partial charge in [0.1, 0.15) is 0 Å². The second-order valence-electron chi connectivity index (χ2n) is 5.34. The minimum absolute atomic E-state index is 0.781. The lowest BCUT2D eigenvalue weighted by atomic mass is 10.0. The molecule has 2 heteroatoms. The monoisotopic (exact) mass is 239 g/mol. The minimum Gasteiger partial charge on any atom is -0.311 e.